The van der Waals surface area contributed by atoms with E-state index in [0.29, 0.717) is 6.42 Å². The van der Waals surface area contributed by atoms with Gasteiger partial charge in [0.05, 0.1) is 6.04 Å². The second-order valence-electron chi connectivity index (χ2n) is 3.39. The third kappa shape index (κ3) is 2.17. The van der Waals surface area contributed by atoms with E-state index in [2.05, 4.69) is 4.90 Å². The van der Waals surface area contributed by atoms with Crippen LogP contribution < -0.4 is 5.73 Å². The zero-order valence-electron chi connectivity index (χ0n) is 7.48. The van der Waals surface area contributed by atoms with Gasteiger partial charge in [-0.2, -0.15) is 0 Å². The Bertz CT molecular complexity index is 141. The lowest BCUT2D eigenvalue weighted by Crippen LogP contribution is -2.52. The molecule has 1 rings (SSSR count). The fraction of sp³-hybridized carbons (Fsp3) is 1.00. The highest BCUT2D eigenvalue weighted by atomic mass is 16.5. The molecular formula is C8H18N2O2. The molecule has 12 heavy (non-hydrogen) atoms. The fourth-order valence-electron chi connectivity index (χ4n) is 1.78. The van der Waals surface area contributed by atoms with Gasteiger partial charge in [-0.25, -0.2) is 0 Å². The number of nitrogens with zero attached hydrogens (tertiary/aromatic N) is 1. The van der Waals surface area contributed by atoms with Crippen LogP contribution in [0.3, 0.4) is 0 Å². The van der Waals surface area contributed by atoms with Gasteiger partial charge in [0.15, 0.2) is 6.29 Å². The first-order chi connectivity index (χ1) is 5.65. The Hall–Kier alpha value is -0.160. The number of hydrogen-bond donors (Lipinski definition) is 3. The van der Waals surface area contributed by atoms with Crippen LogP contribution in [0.1, 0.15) is 19.8 Å². The summed E-state index contributed by atoms with van der Waals surface area (Å²) in [4.78, 5) is 2.06. The lowest BCUT2D eigenvalue weighted by molar-refractivity contribution is -0.111. The number of likely N-dealkylation sites (N-methyl/N-ethyl adjacent to an activating group) is 1. The number of aliphatic hydroxyl groups is 2. The van der Waals surface area contributed by atoms with E-state index in [-0.39, 0.29) is 12.1 Å². The van der Waals surface area contributed by atoms with Gasteiger partial charge >= 0.3 is 0 Å². The lowest BCUT2D eigenvalue weighted by Gasteiger charge is -2.38. The summed E-state index contributed by atoms with van der Waals surface area (Å²) < 4.78 is 0. The van der Waals surface area contributed by atoms with Crippen molar-refractivity contribution in [3.8, 4) is 0 Å². The second kappa shape index (κ2) is 4.18. The van der Waals surface area contributed by atoms with Crippen molar-refractivity contribution in [3.05, 3.63) is 0 Å². The summed E-state index contributed by atoms with van der Waals surface area (Å²) in [5.74, 6) is 0. The Labute approximate surface area is 73.0 Å². The third-order valence-corrected chi connectivity index (χ3v) is 2.55. The SMILES string of the molecule is CCN1CCC(N)CC1C(O)O. The van der Waals surface area contributed by atoms with Crippen molar-refractivity contribution in [2.24, 2.45) is 5.73 Å². The van der Waals surface area contributed by atoms with Gasteiger partial charge in [0.1, 0.15) is 0 Å². The van der Waals surface area contributed by atoms with Crippen LogP contribution in [0.15, 0.2) is 0 Å². The summed E-state index contributed by atoms with van der Waals surface area (Å²) in [5.41, 5.74) is 5.73. The highest BCUT2D eigenvalue weighted by Crippen LogP contribution is 2.17. The maximum absolute atomic E-state index is 9.05. The summed E-state index contributed by atoms with van der Waals surface area (Å²) in [5, 5.41) is 18.1. The van der Waals surface area contributed by atoms with Crippen LogP contribution >= 0.6 is 0 Å². The van der Waals surface area contributed by atoms with E-state index in [1.165, 1.54) is 0 Å². The van der Waals surface area contributed by atoms with Gasteiger partial charge in [-0.3, -0.25) is 4.90 Å². The Morgan fingerprint density at radius 1 is 1.58 bits per heavy atom. The van der Waals surface area contributed by atoms with Gasteiger partial charge in [-0.15, -0.1) is 0 Å². The number of aliphatic hydroxyl groups excluding tert-OH is 1. The average molecular weight is 174 g/mol. The first-order valence-electron chi connectivity index (χ1n) is 4.51. The number of nitrogens with two attached hydrogens (primary N) is 1. The van der Waals surface area contributed by atoms with Crippen LogP contribution in [0.5, 0.6) is 0 Å². The van der Waals surface area contributed by atoms with Crippen LogP contribution in [0.25, 0.3) is 0 Å². The molecule has 1 aliphatic heterocycles. The van der Waals surface area contributed by atoms with Crippen LogP contribution in [-0.4, -0.2) is 46.6 Å². The first-order valence-corrected chi connectivity index (χ1v) is 4.51. The second-order valence-corrected chi connectivity index (χ2v) is 3.39. The minimum absolute atomic E-state index is 0.125. The van der Waals surface area contributed by atoms with Gasteiger partial charge in [0.25, 0.3) is 0 Å². The van der Waals surface area contributed by atoms with E-state index in [9.17, 15) is 0 Å². The quantitative estimate of drug-likeness (QED) is 0.475. The average Bonchev–Trinajstić information content (AvgIpc) is 2.04. The molecule has 4 heteroatoms. The maximum atomic E-state index is 9.05. The Morgan fingerprint density at radius 3 is 2.75 bits per heavy atom. The Balaban J connectivity index is 2.52. The van der Waals surface area contributed by atoms with Gasteiger partial charge < -0.3 is 15.9 Å². The van der Waals surface area contributed by atoms with E-state index in [4.69, 9.17) is 15.9 Å². The van der Waals surface area contributed by atoms with E-state index in [0.717, 1.165) is 19.5 Å². The molecule has 0 aromatic rings. The van der Waals surface area contributed by atoms with Gasteiger partial charge in [-0.05, 0) is 19.4 Å². The van der Waals surface area contributed by atoms with Crippen molar-refractivity contribution < 1.29 is 10.2 Å². The number of likely N-dealkylation sites (tertiary alicyclic amines) is 1. The van der Waals surface area contributed by atoms with Crippen LogP contribution in [0, 0.1) is 0 Å². The topological polar surface area (TPSA) is 69.7 Å². The zero-order chi connectivity index (χ0) is 9.14. The van der Waals surface area contributed by atoms with Crippen molar-refractivity contribution in [1.82, 2.24) is 4.90 Å². The van der Waals surface area contributed by atoms with Gasteiger partial charge in [0, 0.05) is 12.6 Å². The normalized spacial score (nSPS) is 32.8. The fourth-order valence-corrected chi connectivity index (χ4v) is 1.78. The number of hydrogen-bond acceptors (Lipinski definition) is 4. The smallest absolute Gasteiger partial charge is 0.167 e. The zero-order valence-corrected chi connectivity index (χ0v) is 7.48. The number of rotatable bonds is 2. The molecule has 1 fully saturated rings. The Kier molecular flexibility index (Phi) is 3.46. The molecule has 1 saturated heterocycles. The summed E-state index contributed by atoms with van der Waals surface area (Å²) in [7, 11) is 0. The molecule has 0 bridgehead atoms. The molecule has 0 aromatic carbocycles. The van der Waals surface area contributed by atoms with Crippen molar-refractivity contribution >= 4 is 0 Å². The molecule has 1 aliphatic rings. The molecule has 0 amide bonds. The standard InChI is InChI=1S/C8H18N2O2/c1-2-10-4-3-6(9)5-7(10)8(11)12/h6-8,11-12H,2-5,9H2,1H3. The van der Waals surface area contributed by atoms with Gasteiger partial charge in [-0.1, -0.05) is 6.92 Å². The molecule has 0 spiro atoms. The first kappa shape index (κ1) is 9.92. The van der Waals surface area contributed by atoms with Crippen molar-refractivity contribution in [1.29, 1.82) is 0 Å². The predicted molar refractivity (Wildman–Crippen MR) is 46.5 cm³/mol. The van der Waals surface area contributed by atoms with Crippen molar-refractivity contribution in [2.75, 3.05) is 13.1 Å². The summed E-state index contributed by atoms with van der Waals surface area (Å²) >= 11 is 0. The monoisotopic (exact) mass is 174 g/mol. The minimum atomic E-state index is -1.25. The molecule has 2 unspecified atom stereocenters. The van der Waals surface area contributed by atoms with Crippen molar-refractivity contribution in [3.63, 3.8) is 0 Å². The molecule has 0 aliphatic carbocycles. The third-order valence-electron chi connectivity index (χ3n) is 2.55. The number of piperidine rings is 1. The van der Waals surface area contributed by atoms with E-state index in [1.807, 2.05) is 6.92 Å². The summed E-state index contributed by atoms with van der Waals surface area (Å²) in [6.07, 6.45) is 0.388. The maximum Gasteiger partial charge on any atom is 0.167 e. The predicted octanol–water partition coefficient (Wildman–Crippen LogP) is -0.891. The van der Waals surface area contributed by atoms with E-state index < -0.39 is 6.29 Å². The Morgan fingerprint density at radius 2 is 2.25 bits per heavy atom. The summed E-state index contributed by atoms with van der Waals surface area (Å²) in [6.45, 7) is 3.75. The molecule has 0 saturated carbocycles. The van der Waals surface area contributed by atoms with Crippen LogP contribution in [-0.2, 0) is 0 Å². The molecular weight excluding hydrogens is 156 g/mol. The molecule has 4 N–H and O–H groups in total. The van der Waals surface area contributed by atoms with Crippen LogP contribution in [0.4, 0.5) is 0 Å². The molecule has 72 valence electrons. The van der Waals surface area contributed by atoms with Crippen LogP contribution in [0.2, 0.25) is 0 Å². The van der Waals surface area contributed by atoms with E-state index >= 15 is 0 Å². The molecule has 4 nitrogen and oxygen atoms in total. The minimum Gasteiger partial charge on any atom is -0.367 e. The molecule has 0 radical (unpaired) electrons. The highest BCUT2D eigenvalue weighted by Gasteiger charge is 2.29. The molecule has 2 atom stereocenters. The van der Waals surface area contributed by atoms with E-state index in [1.54, 1.807) is 0 Å². The molecule has 0 aromatic heterocycles. The van der Waals surface area contributed by atoms with Gasteiger partial charge in [0.2, 0.25) is 0 Å². The largest absolute Gasteiger partial charge is 0.367 e. The van der Waals surface area contributed by atoms with Crippen molar-refractivity contribution in [2.45, 2.75) is 38.1 Å². The summed E-state index contributed by atoms with van der Waals surface area (Å²) in [6, 6.07) is -0.0432. The lowest BCUT2D eigenvalue weighted by atomic mass is 9.97. The molecule has 1 heterocycles. The highest BCUT2D eigenvalue weighted by molar-refractivity contribution is 4.83.